The quantitative estimate of drug-likeness (QED) is 0.643. The topological polar surface area (TPSA) is 58.0 Å². The average molecular weight is 267 g/mol. The lowest BCUT2D eigenvalue weighted by atomic mass is 9.95. The minimum absolute atomic E-state index is 0.564. The summed E-state index contributed by atoms with van der Waals surface area (Å²) < 4.78 is 0. The minimum Gasteiger partial charge on any atom is -0.389 e. The van der Waals surface area contributed by atoms with Gasteiger partial charge in [0.2, 0.25) is 0 Å². The fourth-order valence-electron chi connectivity index (χ4n) is 2.04. The van der Waals surface area contributed by atoms with Gasteiger partial charge in [0.1, 0.15) is 0 Å². The number of aliphatic hydroxyl groups is 1. The molecule has 1 fully saturated rings. The van der Waals surface area contributed by atoms with Crippen molar-refractivity contribution in [3.63, 3.8) is 0 Å². The Labute approximate surface area is 113 Å². The summed E-state index contributed by atoms with van der Waals surface area (Å²) in [4.78, 5) is 8.95. The number of thioether (sulfide) groups is 1. The summed E-state index contributed by atoms with van der Waals surface area (Å²) in [5.41, 5.74) is 2.65. The first-order chi connectivity index (χ1) is 8.50. The molecule has 0 bridgehead atoms. The van der Waals surface area contributed by atoms with E-state index in [2.05, 4.69) is 15.3 Å². The number of rotatable bonds is 3. The molecule has 0 atom stereocenters. The second-order valence-corrected chi connectivity index (χ2v) is 6.01. The van der Waals surface area contributed by atoms with Gasteiger partial charge >= 0.3 is 0 Å². The van der Waals surface area contributed by atoms with Crippen molar-refractivity contribution in [2.45, 2.75) is 44.4 Å². The number of hydrogen-bond donors (Lipinski definition) is 2. The molecule has 0 amide bonds. The van der Waals surface area contributed by atoms with Gasteiger partial charge in [-0.1, -0.05) is 11.8 Å². The van der Waals surface area contributed by atoms with Crippen LogP contribution >= 0.6 is 11.8 Å². The van der Waals surface area contributed by atoms with Gasteiger partial charge in [0, 0.05) is 17.1 Å². The van der Waals surface area contributed by atoms with Crippen LogP contribution in [0.25, 0.3) is 0 Å². The second kappa shape index (κ2) is 5.55. The Morgan fingerprint density at radius 1 is 1.17 bits per heavy atom. The van der Waals surface area contributed by atoms with Crippen LogP contribution in [-0.4, -0.2) is 39.5 Å². The van der Waals surface area contributed by atoms with Gasteiger partial charge in [0.15, 0.2) is 5.16 Å². The molecule has 1 saturated heterocycles. The van der Waals surface area contributed by atoms with Crippen molar-refractivity contribution in [3.8, 4) is 0 Å². The van der Waals surface area contributed by atoms with Gasteiger partial charge < -0.3 is 10.4 Å². The maximum Gasteiger partial charge on any atom is 0.188 e. The summed E-state index contributed by atoms with van der Waals surface area (Å²) in [5.74, 6) is 0.677. The second-order valence-electron chi connectivity index (χ2n) is 5.07. The normalized spacial score (nSPS) is 18.9. The highest BCUT2D eigenvalue weighted by Gasteiger charge is 2.29. The molecule has 0 spiro atoms. The van der Waals surface area contributed by atoms with Gasteiger partial charge in [-0.25, -0.2) is 9.97 Å². The predicted octanol–water partition coefficient (Wildman–Crippen LogP) is 1.61. The van der Waals surface area contributed by atoms with E-state index >= 15 is 0 Å². The lowest BCUT2D eigenvalue weighted by molar-refractivity contribution is 0.0338. The minimum atomic E-state index is -0.564. The van der Waals surface area contributed by atoms with Gasteiger partial charge in [-0.2, -0.15) is 0 Å². The molecule has 0 unspecified atom stereocenters. The molecule has 0 aliphatic carbocycles. The van der Waals surface area contributed by atoms with Gasteiger partial charge in [0.05, 0.1) is 5.60 Å². The number of nitrogens with one attached hydrogen (secondary N) is 1. The van der Waals surface area contributed by atoms with Crippen LogP contribution in [0, 0.1) is 20.8 Å². The first kappa shape index (κ1) is 13.8. The van der Waals surface area contributed by atoms with Crippen LogP contribution in [-0.2, 0) is 0 Å². The Hall–Kier alpha value is -0.650. The van der Waals surface area contributed by atoms with Crippen LogP contribution < -0.4 is 5.32 Å². The summed E-state index contributed by atoms with van der Waals surface area (Å²) in [7, 11) is 0. The Balaban J connectivity index is 2.01. The molecule has 1 aromatic rings. The first-order valence-electron chi connectivity index (χ1n) is 6.38. The number of hydrogen-bond acceptors (Lipinski definition) is 5. The molecule has 1 aromatic heterocycles. The smallest absolute Gasteiger partial charge is 0.188 e. The molecule has 100 valence electrons. The van der Waals surface area contributed by atoms with E-state index in [1.54, 1.807) is 11.8 Å². The molecule has 1 aliphatic rings. The highest BCUT2D eigenvalue weighted by atomic mass is 32.2. The van der Waals surface area contributed by atoms with Crippen LogP contribution in [0.4, 0.5) is 0 Å². The van der Waals surface area contributed by atoms with Crippen LogP contribution in [0.15, 0.2) is 5.16 Å². The zero-order valence-electron chi connectivity index (χ0n) is 11.3. The van der Waals surface area contributed by atoms with Crippen LogP contribution in [0.1, 0.15) is 29.8 Å². The van der Waals surface area contributed by atoms with Gasteiger partial charge in [-0.3, -0.25) is 0 Å². The molecule has 2 rings (SSSR count). The van der Waals surface area contributed by atoms with Crippen molar-refractivity contribution in [2.75, 3.05) is 18.8 Å². The molecule has 1 aliphatic heterocycles. The van der Waals surface area contributed by atoms with Crippen molar-refractivity contribution >= 4 is 11.8 Å². The highest BCUT2D eigenvalue weighted by Crippen LogP contribution is 2.27. The van der Waals surface area contributed by atoms with E-state index < -0.39 is 5.60 Å². The van der Waals surface area contributed by atoms with Crippen LogP contribution in [0.2, 0.25) is 0 Å². The maximum absolute atomic E-state index is 10.4. The third-order valence-corrected chi connectivity index (χ3v) is 4.74. The van der Waals surface area contributed by atoms with E-state index in [4.69, 9.17) is 0 Å². The van der Waals surface area contributed by atoms with Crippen molar-refractivity contribution in [3.05, 3.63) is 17.0 Å². The lowest BCUT2D eigenvalue weighted by Gasteiger charge is -2.31. The molecular formula is C13H21N3OS. The van der Waals surface area contributed by atoms with E-state index in [0.717, 1.165) is 48.0 Å². The molecule has 2 heterocycles. The molecule has 0 aromatic carbocycles. The summed E-state index contributed by atoms with van der Waals surface area (Å²) in [6.45, 7) is 7.84. The largest absolute Gasteiger partial charge is 0.389 e. The van der Waals surface area contributed by atoms with E-state index in [-0.39, 0.29) is 0 Å². The van der Waals surface area contributed by atoms with Crippen molar-refractivity contribution < 1.29 is 5.11 Å². The summed E-state index contributed by atoms with van der Waals surface area (Å²) in [6.07, 6.45) is 1.62. The van der Waals surface area contributed by atoms with E-state index in [1.807, 2.05) is 20.8 Å². The summed E-state index contributed by atoms with van der Waals surface area (Å²) in [5, 5.41) is 14.5. The molecular weight excluding hydrogens is 246 g/mol. The molecule has 18 heavy (non-hydrogen) atoms. The monoisotopic (exact) mass is 267 g/mol. The molecule has 0 radical (unpaired) electrons. The van der Waals surface area contributed by atoms with Crippen molar-refractivity contribution in [1.29, 1.82) is 0 Å². The van der Waals surface area contributed by atoms with Crippen LogP contribution in [0.3, 0.4) is 0 Å². The van der Waals surface area contributed by atoms with E-state index in [9.17, 15) is 5.11 Å². The van der Waals surface area contributed by atoms with E-state index in [1.165, 1.54) is 0 Å². The Morgan fingerprint density at radius 3 is 2.28 bits per heavy atom. The van der Waals surface area contributed by atoms with Crippen LogP contribution in [0.5, 0.6) is 0 Å². The van der Waals surface area contributed by atoms with Crippen molar-refractivity contribution in [1.82, 2.24) is 15.3 Å². The maximum atomic E-state index is 10.4. The average Bonchev–Trinajstić information content (AvgIpc) is 2.34. The van der Waals surface area contributed by atoms with E-state index in [0.29, 0.717) is 5.75 Å². The Bertz CT molecular complexity index is 407. The standard InChI is InChI=1S/C13H21N3OS/c1-9-10(2)15-12(16-11(9)3)18-8-13(17)4-6-14-7-5-13/h14,17H,4-8H2,1-3H3. The number of nitrogens with zero attached hydrogens (tertiary/aromatic N) is 2. The molecule has 0 saturated carbocycles. The predicted molar refractivity (Wildman–Crippen MR) is 74.0 cm³/mol. The highest BCUT2D eigenvalue weighted by molar-refractivity contribution is 7.99. The fraction of sp³-hybridized carbons (Fsp3) is 0.692. The number of piperidine rings is 1. The van der Waals surface area contributed by atoms with Gasteiger partial charge in [0.25, 0.3) is 0 Å². The Morgan fingerprint density at radius 2 is 1.72 bits per heavy atom. The number of aromatic nitrogens is 2. The first-order valence-corrected chi connectivity index (χ1v) is 7.36. The zero-order chi connectivity index (χ0) is 13.2. The number of aryl methyl sites for hydroxylation is 2. The van der Waals surface area contributed by atoms with Gasteiger partial charge in [-0.05, 0) is 52.3 Å². The zero-order valence-corrected chi connectivity index (χ0v) is 12.1. The third kappa shape index (κ3) is 3.22. The lowest BCUT2D eigenvalue weighted by Crippen LogP contribution is -2.43. The molecule has 2 N–H and O–H groups in total. The summed E-state index contributed by atoms with van der Waals surface area (Å²) in [6, 6.07) is 0. The molecule has 5 heteroatoms. The third-order valence-electron chi connectivity index (χ3n) is 3.62. The SMILES string of the molecule is Cc1nc(SCC2(O)CCNCC2)nc(C)c1C. The van der Waals surface area contributed by atoms with Gasteiger partial charge in [-0.15, -0.1) is 0 Å². The summed E-state index contributed by atoms with van der Waals surface area (Å²) >= 11 is 1.56. The molecule has 4 nitrogen and oxygen atoms in total. The fourth-order valence-corrected chi connectivity index (χ4v) is 3.13. The Kier molecular flexibility index (Phi) is 4.25. The van der Waals surface area contributed by atoms with Crippen molar-refractivity contribution in [2.24, 2.45) is 0 Å².